The average Bonchev–Trinajstić information content (AvgIpc) is 2.69. The molecular formula is C14H21N3O3. The number of rotatable bonds is 3. The van der Waals surface area contributed by atoms with E-state index in [-0.39, 0.29) is 17.7 Å². The fraction of sp³-hybridized carbons (Fsp3) is 0.643. The van der Waals surface area contributed by atoms with Crippen molar-refractivity contribution in [3.05, 3.63) is 17.0 Å². The number of hydrogen-bond donors (Lipinski definition) is 1. The molecule has 2 unspecified atom stereocenters. The highest BCUT2D eigenvalue weighted by atomic mass is 16.5. The van der Waals surface area contributed by atoms with Crippen LogP contribution in [0.4, 0.5) is 0 Å². The molecule has 1 aliphatic rings. The third kappa shape index (κ3) is 2.42. The van der Waals surface area contributed by atoms with Crippen molar-refractivity contribution in [1.82, 2.24) is 15.4 Å². The molecule has 1 N–H and O–H groups in total. The highest BCUT2D eigenvalue weighted by Gasteiger charge is 2.39. The first-order valence-electron chi connectivity index (χ1n) is 6.85. The van der Waals surface area contributed by atoms with Crippen LogP contribution in [0, 0.1) is 19.8 Å². The number of nitrogens with one attached hydrogen (secondary N) is 1. The van der Waals surface area contributed by atoms with Crippen LogP contribution in [0.2, 0.25) is 0 Å². The summed E-state index contributed by atoms with van der Waals surface area (Å²) in [5.74, 6) is 0.586. The number of aromatic nitrogens is 1. The third-order valence-electron chi connectivity index (χ3n) is 3.87. The summed E-state index contributed by atoms with van der Waals surface area (Å²) in [5, 5.41) is 6.68. The number of amides is 2. The van der Waals surface area contributed by atoms with Crippen LogP contribution in [0.25, 0.3) is 0 Å². The number of hydrogen-bond acceptors (Lipinski definition) is 4. The molecule has 0 saturated carbocycles. The van der Waals surface area contributed by atoms with Crippen LogP contribution in [-0.4, -0.2) is 34.0 Å². The van der Waals surface area contributed by atoms with Crippen molar-refractivity contribution >= 4 is 11.8 Å². The third-order valence-corrected chi connectivity index (χ3v) is 3.87. The van der Waals surface area contributed by atoms with E-state index in [0.717, 1.165) is 11.3 Å². The van der Waals surface area contributed by atoms with Gasteiger partial charge in [-0.25, -0.2) is 0 Å². The molecule has 0 aliphatic carbocycles. The first kappa shape index (κ1) is 14.6. The molecule has 2 amide bonds. The summed E-state index contributed by atoms with van der Waals surface area (Å²) in [4.78, 5) is 26.2. The van der Waals surface area contributed by atoms with Gasteiger partial charge >= 0.3 is 0 Å². The molecule has 0 radical (unpaired) electrons. The van der Waals surface area contributed by atoms with Crippen molar-refractivity contribution in [1.29, 1.82) is 0 Å². The first-order valence-corrected chi connectivity index (χ1v) is 6.85. The van der Waals surface area contributed by atoms with Crippen LogP contribution >= 0.6 is 0 Å². The molecule has 1 aromatic heterocycles. The Balaban J connectivity index is 2.28. The first-order chi connectivity index (χ1) is 9.32. The molecule has 20 heavy (non-hydrogen) atoms. The zero-order chi connectivity index (χ0) is 15.0. The molecular weight excluding hydrogens is 258 g/mol. The molecule has 2 atom stereocenters. The van der Waals surface area contributed by atoms with E-state index in [9.17, 15) is 9.59 Å². The average molecular weight is 279 g/mol. The zero-order valence-electron chi connectivity index (χ0n) is 12.6. The minimum atomic E-state index is -0.480. The number of carbonyl (C=O) groups is 2. The molecule has 0 spiro atoms. The summed E-state index contributed by atoms with van der Waals surface area (Å²) < 4.78 is 5.12. The Hall–Kier alpha value is -1.85. The molecule has 1 saturated heterocycles. The second-order valence-electron chi connectivity index (χ2n) is 5.68. The maximum atomic E-state index is 12.5. The fourth-order valence-electron chi connectivity index (χ4n) is 2.41. The minimum Gasteiger partial charge on any atom is -0.361 e. The van der Waals surface area contributed by atoms with Crippen molar-refractivity contribution in [3.63, 3.8) is 0 Å². The summed E-state index contributed by atoms with van der Waals surface area (Å²) in [5.41, 5.74) is 1.64. The van der Waals surface area contributed by atoms with Crippen LogP contribution in [0.15, 0.2) is 4.52 Å². The van der Waals surface area contributed by atoms with Gasteiger partial charge in [0.1, 0.15) is 17.8 Å². The molecule has 6 nitrogen and oxygen atoms in total. The van der Waals surface area contributed by atoms with E-state index < -0.39 is 12.1 Å². The molecule has 2 heterocycles. The summed E-state index contributed by atoms with van der Waals surface area (Å²) >= 11 is 0. The summed E-state index contributed by atoms with van der Waals surface area (Å²) in [7, 11) is 0. The van der Waals surface area contributed by atoms with E-state index >= 15 is 0 Å². The fourth-order valence-corrected chi connectivity index (χ4v) is 2.41. The van der Waals surface area contributed by atoms with Gasteiger partial charge in [0, 0.05) is 5.56 Å². The summed E-state index contributed by atoms with van der Waals surface area (Å²) in [6.45, 7) is 9.60. The van der Waals surface area contributed by atoms with Crippen molar-refractivity contribution in [2.45, 2.75) is 53.2 Å². The van der Waals surface area contributed by atoms with Gasteiger partial charge in [-0.15, -0.1) is 0 Å². The predicted octanol–water partition coefficient (Wildman–Crippen LogP) is 1.16. The van der Waals surface area contributed by atoms with Gasteiger partial charge in [-0.2, -0.15) is 0 Å². The number of nitrogens with zero attached hydrogens (tertiary/aromatic N) is 2. The van der Waals surface area contributed by atoms with Crippen molar-refractivity contribution in [2.24, 2.45) is 5.92 Å². The van der Waals surface area contributed by atoms with E-state index in [1.165, 1.54) is 0 Å². The van der Waals surface area contributed by atoms with Crippen LogP contribution in [-0.2, 0) is 16.1 Å². The Bertz CT molecular complexity index is 516. The lowest BCUT2D eigenvalue weighted by Crippen LogP contribution is -2.63. The molecule has 0 aromatic carbocycles. The SMILES string of the molecule is Cc1noc(C)c1CN1C(=O)C(C(C)C)NC(=O)C1C. The minimum absolute atomic E-state index is 0.0490. The van der Waals surface area contributed by atoms with E-state index in [4.69, 9.17) is 4.52 Å². The van der Waals surface area contributed by atoms with Gasteiger partial charge in [-0.05, 0) is 26.7 Å². The zero-order valence-corrected chi connectivity index (χ0v) is 12.6. The summed E-state index contributed by atoms with van der Waals surface area (Å²) in [6.07, 6.45) is 0. The molecule has 2 rings (SSSR count). The normalized spacial score (nSPS) is 23.4. The molecule has 1 fully saturated rings. The monoisotopic (exact) mass is 279 g/mol. The molecule has 110 valence electrons. The highest BCUT2D eigenvalue weighted by molar-refractivity contribution is 5.96. The van der Waals surface area contributed by atoms with Gasteiger partial charge < -0.3 is 14.7 Å². The van der Waals surface area contributed by atoms with Gasteiger partial charge in [0.25, 0.3) is 0 Å². The molecule has 1 aliphatic heterocycles. The Labute approximate surface area is 118 Å². The smallest absolute Gasteiger partial charge is 0.246 e. The number of piperazine rings is 1. The largest absolute Gasteiger partial charge is 0.361 e. The topological polar surface area (TPSA) is 75.4 Å². The lowest BCUT2D eigenvalue weighted by atomic mass is 9.97. The van der Waals surface area contributed by atoms with Gasteiger partial charge in [-0.3, -0.25) is 9.59 Å². The van der Waals surface area contributed by atoms with Crippen LogP contribution in [0.5, 0.6) is 0 Å². The van der Waals surface area contributed by atoms with Gasteiger partial charge in [-0.1, -0.05) is 19.0 Å². The van der Waals surface area contributed by atoms with E-state index in [1.807, 2.05) is 27.7 Å². The van der Waals surface area contributed by atoms with Crippen molar-refractivity contribution < 1.29 is 14.1 Å². The van der Waals surface area contributed by atoms with Crippen LogP contribution < -0.4 is 5.32 Å². The van der Waals surface area contributed by atoms with E-state index in [2.05, 4.69) is 10.5 Å². The van der Waals surface area contributed by atoms with E-state index in [0.29, 0.717) is 12.3 Å². The standard InChI is InChI=1S/C14H21N3O3/c1-7(2)12-14(19)17(9(4)13(18)15-12)6-11-8(3)16-20-10(11)5/h7,9,12H,6H2,1-5H3,(H,15,18). The lowest BCUT2D eigenvalue weighted by Gasteiger charge is -2.38. The van der Waals surface area contributed by atoms with Gasteiger partial charge in [0.2, 0.25) is 11.8 Å². The van der Waals surface area contributed by atoms with Crippen molar-refractivity contribution in [3.8, 4) is 0 Å². The van der Waals surface area contributed by atoms with Crippen molar-refractivity contribution in [2.75, 3.05) is 0 Å². The second-order valence-corrected chi connectivity index (χ2v) is 5.68. The molecule has 0 bridgehead atoms. The Morgan fingerprint density at radius 3 is 2.50 bits per heavy atom. The molecule has 1 aromatic rings. The maximum Gasteiger partial charge on any atom is 0.246 e. The maximum absolute atomic E-state index is 12.5. The summed E-state index contributed by atoms with van der Waals surface area (Å²) in [6, 6.07) is -0.939. The molecule has 6 heteroatoms. The number of aryl methyl sites for hydroxylation is 2. The van der Waals surface area contributed by atoms with Crippen LogP contribution in [0.3, 0.4) is 0 Å². The van der Waals surface area contributed by atoms with Gasteiger partial charge in [0.15, 0.2) is 0 Å². The van der Waals surface area contributed by atoms with Gasteiger partial charge in [0.05, 0.1) is 12.2 Å². The Morgan fingerprint density at radius 2 is 2.00 bits per heavy atom. The highest BCUT2D eigenvalue weighted by Crippen LogP contribution is 2.21. The Morgan fingerprint density at radius 1 is 1.35 bits per heavy atom. The predicted molar refractivity (Wildman–Crippen MR) is 72.8 cm³/mol. The quantitative estimate of drug-likeness (QED) is 0.901. The second kappa shape index (κ2) is 5.26. The van der Waals surface area contributed by atoms with Crippen LogP contribution in [0.1, 0.15) is 37.8 Å². The lowest BCUT2D eigenvalue weighted by molar-refractivity contribution is -0.150. The Kier molecular flexibility index (Phi) is 3.83. The number of carbonyl (C=O) groups excluding carboxylic acids is 2. The van der Waals surface area contributed by atoms with E-state index in [1.54, 1.807) is 11.8 Å².